The fourth-order valence-corrected chi connectivity index (χ4v) is 5.50. The highest BCUT2D eigenvalue weighted by molar-refractivity contribution is 6.11. The Labute approximate surface area is 204 Å². The van der Waals surface area contributed by atoms with Crippen LogP contribution in [0, 0.1) is 12.3 Å². The zero-order valence-corrected chi connectivity index (χ0v) is 20.2. The van der Waals surface area contributed by atoms with Gasteiger partial charge in [-0.05, 0) is 71.9 Å². The van der Waals surface area contributed by atoms with E-state index in [1.54, 1.807) is 0 Å². The first kappa shape index (κ1) is 20.3. The van der Waals surface area contributed by atoms with Crippen molar-refractivity contribution in [1.82, 2.24) is 0 Å². The zero-order valence-electron chi connectivity index (χ0n) is 20.2. The van der Waals surface area contributed by atoms with Gasteiger partial charge in [-0.3, -0.25) is 0 Å². The minimum atomic E-state index is 0.122. The Morgan fingerprint density at radius 3 is 2.40 bits per heavy atom. The Morgan fingerprint density at radius 2 is 1.51 bits per heavy atom. The van der Waals surface area contributed by atoms with Crippen molar-refractivity contribution >= 4 is 39.0 Å². The molecule has 0 spiro atoms. The molecule has 35 heavy (non-hydrogen) atoms. The number of aryl methyl sites for hydroxylation is 1. The number of allylic oxidation sites excluding steroid dienone is 1. The highest BCUT2D eigenvalue weighted by Crippen LogP contribution is 2.43. The molecule has 170 valence electrons. The molecule has 0 saturated carbocycles. The van der Waals surface area contributed by atoms with Crippen LogP contribution in [-0.2, 0) is 6.42 Å². The van der Waals surface area contributed by atoms with Crippen molar-refractivity contribution in [2.45, 2.75) is 27.2 Å². The van der Waals surface area contributed by atoms with Crippen molar-refractivity contribution in [2.24, 2.45) is 5.41 Å². The molecule has 7 rings (SSSR count). The van der Waals surface area contributed by atoms with E-state index in [2.05, 4.69) is 106 Å². The highest BCUT2D eigenvalue weighted by Gasteiger charge is 2.26. The molecular formula is C33H26O2. The molecule has 0 N–H and O–H groups in total. The predicted octanol–water partition coefficient (Wildman–Crippen LogP) is 9.57. The maximum atomic E-state index is 6.46. The van der Waals surface area contributed by atoms with Gasteiger partial charge in [0.15, 0.2) is 0 Å². The van der Waals surface area contributed by atoms with Crippen LogP contribution in [0.25, 0.3) is 61.2 Å². The van der Waals surface area contributed by atoms with E-state index in [4.69, 9.17) is 8.83 Å². The second-order valence-electron chi connectivity index (χ2n) is 10.5. The van der Waals surface area contributed by atoms with Gasteiger partial charge in [-0.1, -0.05) is 74.0 Å². The molecule has 2 heterocycles. The lowest BCUT2D eigenvalue weighted by Crippen LogP contribution is -2.14. The van der Waals surface area contributed by atoms with Crippen LogP contribution < -0.4 is 0 Å². The van der Waals surface area contributed by atoms with Gasteiger partial charge >= 0.3 is 0 Å². The van der Waals surface area contributed by atoms with E-state index in [1.165, 1.54) is 27.6 Å². The van der Waals surface area contributed by atoms with E-state index >= 15 is 0 Å². The van der Waals surface area contributed by atoms with Crippen LogP contribution in [-0.4, -0.2) is 0 Å². The lowest BCUT2D eigenvalue weighted by molar-refractivity contribution is 0.465. The summed E-state index contributed by atoms with van der Waals surface area (Å²) in [7, 11) is 0. The van der Waals surface area contributed by atoms with E-state index in [-0.39, 0.29) is 5.41 Å². The minimum absolute atomic E-state index is 0.122. The normalized spacial score (nSPS) is 14.7. The second-order valence-corrected chi connectivity index (χ2v) is 10.5. The molecule has 0 saturated heterocycles. The molecule has 0 fully saturated rings. The number of hydrogen-bond donors (Lipinski definition) is 0. The standard InChI is InChI=1S/C33H26O2/c1-20-7-6-8-21(15-20)23-17-25(32-27(18-23)24-9-4-5-10-29(24)35-32)22-11-12-30-26(16-22)28-19-33(2,3)14-13-31(28)34-30/h4-18H,19H2,1-3H3. The van der Waals surface area contributed by atoms with E-state index in [0.29, 0.717) is 0 Å². The molecule has 0 atom stereocenters. The van der Waals surface area contributed by atoms with Gasteiger partial charge in [0, 0.05) is 27.3 Å². The molecule has 4 aromatic carbocycles. The first-order chi connectivity index (χ1) is 16.9. The summed E-state index contributed by atoms with van der Waals surface area (Å²) in [6.07, 6.45) is 5.36. The maximum absolute atomic E-state index is 6.46. The third-order valence-corrected chi connectivity index (χ3v) is 7.28. The summed E-state index contributed by atoms with van der Waals surface area (Å²) < 4.78 is 12.7. The van der Waals surface area contributed by atoms with Crippen LogP contribution in [0.15, 0.2) is 93.8 Å². The van der Waals surface area contributed by atoms with Gasteiger partial charge in [0.1, 0.15) is 22.5 Å². The van der Waals surface area contributed by atoms with Crippen LogP contribution in [0.2, 0.25) is 0 Å². The van der Waals surface area contributed by atoms with Gasteiger partial charge in [0.25, 0.3) is 0 Å². The van der Waals surface area contributed by atoms with Crippen molar-refractivity contribution in [2.75, 3.05) is 0 Å². The summed E-state index contributed by atoms with van der Waals surface area (Å²) in [6, 6.07) is 28.1. The third kappa shape index (κ3) is 3.24. The quantitative estimate of drug-likeness (QED) is 0.260. The second kappa shape index (κ2) is 7.23. The predicted molar refractivity (Wildman–Crippen MR) is 146 cm³/mol. The van der Waals surface area contributed by atoms with Crippen LogP contribution in [0.1, 0.15) is 30.7 Å². The molecule has 0 amide bonds. The molecule has 0 bridgehead atoms. The number of rotatable bonds is 2. The highest BCUT2D eigenvalue weighted by atomic mass is 16.3. The van der Waals surface area contributed by atoms with Gasteiger partial charge < -0.3 is 8.83 Å². The van der Waals surface area contributed by atoms with Crippen molar-refractivity contribution in [3.63, 3.8) is 0 Å². The SMILES string of the molecule is Cc1cccc(-c2cc(-c3ccc4oc5c(c4c3)CC(C)(C)C=C5)c3oc4ccccc4c3c2)c1. The van der Waals surface area contributed by atoms with Crippen LogP contribution in [0.4, 0.5) is 0 Å². The van der Waals surface area contributed by atoms with E-state index in [9.17, 15) is 0 Å². The Kier molecular flexibility index (Phi) is 4.20. The van der Waals surface area contributed by atoms with Crippen molar-refractivity contribution in [3.8, 4) is 22.3 Å². The Balaban J connectivity index is 1.51. The lowest BCUT2D eigenvalue weighted by Gasteiger charge is -2.23. The maximum Gasteiger partial charge on any atom is 0.143 e. The molecule has 6 aromatic rings. The molecule has 1 aliphatic carbocycles. The lowest BCUT2D eigenvalue weighted by atomic mass is 9.81. The number of benzene rings is 4. The molecule has 0 unspecified atom stereocenters. The van der Waals surface area contributed by atoms with E-state index < -0.39 is 0 Å². The van der Waals surface area contributed by atoms with Gasteiger partial charge in [0.05, 0.1) is 0 Å². The van der Waals surface area contributed by atoms with Gasteiger partial charge in [-0.25, -0.2) is 0 Å². The average Bonchev–Trinajstić information content (AvgIpc) is 3.40. The third-order valence-electron chi connectivity index (χ3n) is 7.28. The monoisotopic (exact) mass is 454 g/mol. The molecule has 2 heteroatoms. The van der Waals surface area contributed by atoms with Crippen molar-refractivity contribution in [3.05, 3.63) is 102 Å². The number of furan rings is 2. The summed E-state index contributed by atoms with van der Waals surface area (Å²) in [5, 5.41) is 3.49. The fraction of sp³-hybridized carbons (Fsp3) is 0.152. The minimum Gasteiger partial charge on any atom is -0.456 e. The van der Waals surface area contributed by atoms with E-state index in [0.717, 1.165) is 50.8 Å². The van der Waals surface area contributed by atoms with Crippen LogP contribution >= 0.6 is 0 Å². The fourth-order valence-electron chi connectivity index (χ4n) is 5.50. The number of para-hydroxylation sites is 1. The number of fused-ring (bicyclic) bond motifs is 6. The smallest absolute Gasteiger partial charge is 0.143 e. The summed E-state index contributed by atoms with van der Waals surface area (Å²) in [5.41, 5.74) is 10.1. The van der Waals surface area contributed by atoms with Crippen LogP contribution in [0.3, 0.4) is 0 Å². The van der Waals surface area contributed by atoms with Crippen molar-refractivity contribution < 1.29 is 8.83 Å². The molecular weight excluding hydrogens is 428 g/mol. The number of hydrogen-bond acceptors (Lipinski definition) is 2. The Morgan fingerprint density at radius 1 is 0.686 bits per heavy atom. The zero-order chi connectivity index (χ0) is 23.7. The summed E-state index contributed by atoms with van der Waals surface area (Å²) in [5.74, 6) is 0.985. The molecule has 0 aliphatic heterocycles. The average molecular weight is 455 g/mol. The summed E-state index contributed by atoms with van der Waals surface area (Å²) in [6.45, 7) is 6.69. The Hall–Kier alpha value is -4.04. The summed E-state index contributed by atoms with van der Waals surface area (Å²) in [4.78, 5) is 0. The van der Waals surface area contributed by atoms with Crippen LogP contribution in [0.5, 0.6) is 0 Å². The Bertz CT molecular complexity index is 1810. The van der Waals surface area contributed by atoms with Gasteiger partial charge in [0.2, 0.25) is 0 Å². The topological polar surface area (TPSA) is 26.3 Å². The van der Waals surface area contributed by atoms with Gasteiger partial charge in [-0.15, -0.1) is 0 Å². The molecule has 1 aliphatic rings. The summed E-state index contributed by atoms with van der Waals surface area (Å²) >= 11 is 0. The largest absolute Gasteiger partial charge is 0.456 e. The van der Waals surface area contributed by atoms with E-state index in [1.807, 2.05) is 6.07 Å². The molecule has 0 radical (unpaired) electrons. The van der Waals surface area contributed by atoms with Crippen molar-refractivity contribution in [1.29, 1.82) is 0 Å². The van der Waals surface area contributed by atoms with Gasteiger partial charge in [-0.2, -0.15) is 0 Å². The first-order valence-electron chi connectivity index (χ1n) is 12.2. The molecule has 2 aromatic heterocycles. The molecule has 2 nitrogen and oxygen atoms in total. The first-order valence-corrected chi connectivity index (χ1v) is 12.2.